The Hall–Kier alpha value is -2.20. The molecule has 138 valence electrons. The zero-order valence-corrected chi connectivity index (χ0v) is 14.3. The molecule has 0 spiro atoms. The van der Waals surface area contributed by atoms with Crippen molar-refractivity contribution in [2.75, 3.05) is 24.2 Å². The molecule has 0 radical (unpaired) electrons. The van der Waals surface area contributed by atoms with E-state index in [0.717, 1.165) is 24.5 Å². The normalized spacial score (nSPS) is 19.0. The van der Waals surface area contributed by atoms with Crippen LogP contribution in [0.25, 0.3) is 0 Å². The molecule has 0 aromatic heterocycles. The van der Waals surface area contributed by atoms with Crippen molar-refractivity contribution in [1.29, 1.82) is 0 Å². The molecular formula is C15H19FN2O6S. The first-order valence-corrected chi connectivity index (χ1v) is 9.45. The highest BCUT2D eigenvalue weighted by Gasteiger charge is 2.31. The van der Waals surface area contributed by atoms with Crippen LogP contribution in [0.5, 0.6) is 0 Å². The summed E-state index contributed by atoms with van der Waals surface area (Å²) in [4.78, 5) is 23.8. The van der Waals surface area contributed by atoms with Gasteiger partial charge in [-0.05, 0) is 31.0 Å². The van der Waals surface area contributed by atoms with Gasteiger partial charge in [-0.15, -0.1) is 0 Å². The molecule has 2 unspecified atom stereocenters. The number of nitrogens with one attached hydrogen (secondary N) is 2. The first-order chi connectivity index (χ1) is 11.7. The van der Waals surface area contributed by atoms with E-state index in [1.807, 2.05) is 4.72 Å². The average Bonchev–Trinajstić information content (AvgIpc) is 2.53. The van der Waals surface area contributed by atoms with Crippen LogP contribution in [0.4, 0.5) is 10.1 Å². The highest BCUT2D eigenvalue weighted by molar-refractivity contribution is 7.92. The number of halogens is 1. The fourth-order valence-electron chi connectivity index (χ4n) is 2.58. The fraction of sp³-hybridized carbons (Fsp3) is 0.467. The number of carbonyl (C=O) groups is 2. The van der Waals surface area contributed by atoms with Gasteiger partial charge in [0.1, 0.15) is 11.9 Å². The Kier molecular flexibility index (Phi) is 5.96. The predicted molar refractivity (Wildman–Crippen MR) is 87.3 cm³/mol. The summed E-state index contributed by atoms with van der Waals surface area (Å²) in [5.74, 6) is -3.16. The molecule has 1 amide bonds. The van der Waals surface area contributed by atoms with E-state index in [1.54, 1.807) is 0 Å². The minimum atomic E-state index is -3.73. The lowest BCUT2D eigenvalue weighted by molar-refractivity contribution is -0.142. The number of amides is 1. The molecule has 1 heterocycles. The van der Waals surface area contributed by atoms with Gasteiger partial charge in [0.05, 0.1) is 18.6 Å². The molecule has 1 aliphatic heterocycles. The average molecular weight is 374 g/mol. The van der Waals surface area contributed by atoms with Gasteiger partial charge in [0.2, 0.25) is 10.0 Å². The van der Waals surface area contributed by atoms with Crippen LogP contribution in [0.15, 0.2) is 18.2 Å². The standard InChI is InChI=1S/C15H19FN2O6S/c1-25(22,23)18-12-7-9(4-5-11(12)16)14(19)17-13(15(20)21)10-3-2-6-24-8-10/h4-5,7,10,13,18H,2-3,6,8H2,1H3,(H,17,19)(H,20,21). The molecule has 1 aromatic rings. The van der Waals surface area contributed by atoms with Crippen LogP contribution in [0.1, 0.15) is 23.2 Å². The van der Waals surface area contributed by atoms with Gasteiger partial charge < -0.3 is 15.2 Å². The number of benzene rings is 1. The lowest BCUT2D eigenvalue weighted by Gasteiger charge is -2.28. The highest BCUT2D eigenvalue weighted by Crippen LogP contribution is 2.20. The second kappa shape index (κ2) is 7.79. The third-order valence-corrected chi connectivity index (χ3v) is 4.33. The molecule has 8 nitrogen and oxygen atoms in total. The molecule has 0 bridgehead atoms. The van der Waals surface area contributed by atoms with Crippen LogP contribution in [-0.2, 0) is 19.6 Å². The van der Waals surface area contributed by atoms with Crippen LogP contribution >= 0.6 is 0 Å². The molecule has 10 heteroatoms. The van der Waals surface area contributed by atoms with Gasteiger partial charge in [-0.2, -0.15) is 0 Å². The molecule has 0 saturated carbocycles. The lowest BCUT2D eigenvalue weighted by atomic mass is 9.93. The third-order valence-electron chi connectivity index (χ3n) is 3.74. The van der Waals surface area contributed by atoms with Gasteiger partial charge >= 0.3 is 5.97 Å². The molecule has 1 aromatic carbocycles. The van der Waals surface area contributed by atoms with E-state index >= 15 is 0 Å². The number of sulfonamides is 1. The summed E-state index contributed by atoms with van der Waals surface area (Å²) in [6, 6.07) is 1.95. The maximum atomic E-state index is 13.7. The van der Waals surface area contributed by atoms with Crippen molar-refractivity contribution >= 4 is 27.6 Å². The Labute approximate surface area is 144 Å². The molecule has 2 rings (SSSR count). The summed E-state index contributed by atoms with van der Waals surface area (Å²) in [5.41, 5.74) is -0.446. The minimum Gasteiger partial charge on any atom is -0.480 e. The molecule has 2 atom stereocenters. The van der Waals surface area contributed by atoms with Crippen molar-refractivity contribution in [3.63, 3.8) is 0 Å². The van der Waals surface area contributed by atoms with E-state index in [4.69, 9.17) is 4.74 Å². The van der Waals surface area contributed by atoms with Crippen molar-refractivity contribution in [2.45, 2.75) is 18.9 Å². The number of carboxylic acid groups (broad SMARTS) is 1. The van der Waals surface area contributed by atoms with Gasteiger partial charge in [-0.3, -0.25) is 9.52 Å². The quantitative estimate of drug-likeness (QED) is 0.677. The van der Waals surface area contributed by atoms with Gasteiger partial charge in [0.15, 0.2) is 0 Å². The number of hydrogen-bond donors (Lipinski definition) is 3. The van der Waals surface area contributed by atoms with Crippen molar-refractivity contribution in [1.82, 2.24) is 5.32 Å². The molecule has 3 N–H and O–H groups in total. The van der Waals surface area contributed by atoms with Crippen LogP contribution in [-0.4, -0.2) is 50.9 Å². The monoisotopic (exact) mass is 374 g/mol. The largest absolute Gasteiger partial charge is 0.480 e. The van der Waals surface area contributed by atoms with Gasteiger partial charge in [-0.25, -0.2) is 17.6 Å². The summed E-state index contributed by atoms with van der Waals surface area (Å²) < 4.78 is 43.4. The first kappa shape index (κ1) is 19.1. The van der Waals surface area contributed by atoms with Crippen molar-refractivity contribution in [3.05, 3.63) is 29.6 Å². The zero-order valence-electron chi connectivity index (χ0n) is 13.5. The predicted octanol–water partition coefficient (Wildman–Crippen LogP) is 0.807. The fourth-order valence-corrected chi connectivity index (χ4v) is 3.13. The summed E-state index contributed by atoms with van der Waals surface area (Å²) in [6.45, 7) is 0.775. The van der Waals surface area contributed by atoms with Crippen LogP contribution in [0.3, 0.4) is 0 Å². The van der Waals surface area contributed by atoms with E-state index in [0.29, 0.717) is 19.4 Å². The third kappa shape index (κ3) is 5.40. The zero-order chi connectivity index (χ0) is 18.6. The van der Waals surface area contributed by atoms with E-state index in [-0.39, 0.29) is 23.8 Å². The molecule has 1 fully saturated rings. The number of rotatable bonds is 6. The smallest absolute Gasteiger partial charge is 0.326 e. The molecule has 1 saturated heterocycles. The lowest BCUT2D eigenvalue weighted by Crippen LogP contribution is -2.48. The maximum Gasteiger partial charge on any atom is 0.326 e. The SMILES string of the molecule is CS(=O)(=O)Nc1cc(C(=O)NC(C(=O)O)C2CCCOC2)ccc1F. The number of carbonyl (C=O) groups excluding carboxylic acids is 1. The summed E-state index contributed by atoms with van der Waals surface area (Å²) >= 11 is 0. The van der Waals surface area contributed by atoms with Crippen molar-refractivity contribution in [2.24, 2.45) is 5.92 Å². The van der Waals surface area contributed by atoms with Crippen molar-refractivity contribution < 1.29 is 32.2 Å². The minimum absolute atomic E-state index is 0.0597. The van der Waals surface area contributed by atoms with E-state index in [9.17, 15) is 27.5 Å². The van der Waals surface area contributed by atoms with Gasteiger partial charge in [0.25, 0.3) is 5.91 Å². The Morgan fingerprint density at radius 1 is 1.40 bits per heavy atom. The first-order valence-electron chi connectivity index (χ1n) is 7.56. The Morgan fingerprint density at radius 3 is 2.68 bits per heavy atom. The summed E-state index contributed by atoms with van der Waals surface area (Å²) in [6.07, 6.45) is 2.15. The highest BCUT2D eigenvalue weighted by atomic mass is 32.2. The van der Waals surface area contributed by atoms with E-state index in [1.165, 1.54) is 0 Å². The molecule has 25 heavy (non-hydrogen) atoms. The number of anilines is 1. The van der Waals surface area contributed by atoms with E-state index in [2.05, 4.69) is 5.32 Å². The molecule has 0 aliphatic carbocycles. The van der Waals surface area contributed by atoms with Crippen LogP contribution in [0, 0.1) is 11.7 Å². The second-order valence-corrected chi connectivity index (χ2v) is 7.58. The number of ether oxygens (including phenoxy) is 1. The number of hydrogen-bond acceptors (Lipinski definition) is 5. The Morgan fingerprint density at radius 2 is 2.12 bits per heavy atom. The topological polar surface area (TPSA) is 122 Å². The van der Waals surface area contributed by atoms with Crippen LogP contribution < -0.4 is 10.0 Å². The molecular weight excluding hydrogens is 355 g/mol. The van der Waals surface area contributed by atoms with Gasteiger partial charge in [-0.1, -0.05) is 0 Å². The summed E-state index contributed by atoms with van der Waals surface area (Å²) in [5, 5.41) is 11.7. The number of carboxylic acids is 1. The second-order valence-electron chi connectivity index (χ2n) is 5.84. The number of aliphatic carboxylic acids is 1. The van der Waals surface area contributed by atoms with Crippen LogP contribution in [0.2, 0.25) is 0 Å². The Bertz CT molecular complexity index is 761. The maximum absolute atomic E-state index is 13.7. The summed E-state index contributed by atoms with van der Waals surface area (Å²) in [7, 11) is -3.73. The van der Waals surface area contributed by atoms with Crippen molar-refractivity contribution in [3.8, 4) is 0 Å². The van der Waals surface area contributed by atoms with Gasteiger partial charge in [0, 0.05) is 18.1 Å². The van der Waals surface area contributed by atoms with E-state index < -0.39 is 33.8 Å². The Balaban J connectivity index is 2.18. The molecule has 1 aliphatic rings.